The number of aliphatic hydroxyl groups is 1. The van der Waals surface area contributed by atoms with Gasteiger partial charge in [0.2, 0.25) is 0 Å². The predicted molar refractivity (Wildman–Crippen MR) is 79.2 cm³/mol. The van der Waals surface area contributed by atoms with Gasteiger partial charge in [-0.3, -0.25) is 0 Å². The fraction of sp³-hybridized carbons (Fsp3) is 0.294. The molecule has 0 spiro atoms. The lowest BCUT2D eigenvalue weighted by Gasteiger charge is -2.08. The van der Waals surface area contributed by atoms with Crippen LogP contribution in [0.15, 0.2) is 48.5 Å². The van der Waals surface area contributed by atoms with Crippen LogP contribution in [0, 0.1) is 0 Å². The van der Waals surface area contributed by atoms with Crippen LogP contribution in [-0.2, 0) is 13.0 Å². The van der Waals surface area contributed by atoms with Gasteiger partial charge in [0, 0.05) is 6.61 Å². The zero-order valence-electron chi connectivity index (χ0n) is 11.7. The third kappa shape index (κ3) is 4.28. The van der Waals surface area contributed by atoms with Crippen LogP contribution < -0.4 is 9.47 Å². The Hall–Kier alpha value is -2.00. The Bertz CT molecular complexity index is 503. The molecule has 1 N–H and O–H groups in total. The van der Waals surface area contributed by atoms with Gasteiger partial charge < -0.3 is 14.6 Å². The highest BCUT2D eigenvalue weighted by Gasteiger charge is 1.98. The lowest BCUT2D eigenvalue weighted by Crippen LogP contribution is -1.96. The molecule has 0 unspecified atom stereocenters. The second-order valence-corrected chi connectivity index (χ2v) is 4.61. The highest BCUT2D eigenvalue weighted by molar-refractivity contribution is 5.29. The van der Waals surface area contributed by atoms with Gasteiger partial charge in [-0.05, 0) is 48.2 Å². The molecule has 3 nitrogen and oxygen atoms in total. The minimum Gasteiger partial charge on any atom is -0.497 e. The highest BCUT2D eigenvalue weighted by Crippen LogP contribution is 2.16. The zero-order chi connectivity index (χ0) is 14.2. The van der Waals surface area contributed by atoms with E-state index in [-0.39, 0.29) is 6.61 Å². The van der Waals surface area contributed by atoms with Crippen molar-refractivity contribution in [3.05, 3.63) is 59.7 Å². The van der Waals surface area contributed by atoms with E-state index >= 15 is 0 Å². The molecule has 0 heterocycles. The molecular weight excluding hydrogens is 252 g/mol. The molecule has 20 heavy (non-hydrogen) atoms. The maximum atomic E-state index is 8.80. The van der Waals surface area contributed by atoms with Crippen molar-refractivity contribution in [1.29, 1.82) is 0 Å². The summed E-state index contributed by atoms with van der Waals surface area (Å²) in [6.07, 6.45) is 1.70. The summed E-state index contributed by atoms with van der Waals surface area (Å²) in [5.74, 6) is 1.70. The van der Waals surface area contributed by atoms with Crippen molar-refractivity contribution in [2.24, 2.45) is 0 Å². The summed E-state index contributed by atoms with van der Waals surface area (Å²) in [6, 6.07) is 15.9. The molecule has 0 saturated heterocycles. The molecule has 0 saturated carbocycles. The number of methoxy groups -OCH3 is 1. The molecule has 2 aromatic rings. The van der Waals surface area contributed by atoms with Crippen LogP contribution in [0.1, 0.15) is 17.5 Å². The van der Waals surface area contributed by atoms with Gasteiger partial charge in [-0.2, -0.15) is 0 Å². The van der Waals surface area contributed by atoms with Crippen molar-refractivity contribution in [3.63, 3.8) is 0 Å². The number of ether oxygens (including phenoxy) is 2. The molecule has 0 aromatic heterocycles. The smallest absolute Gasteiger partial charge is 0.119 e. The average Bonchev–Trinajstić information content (AvgIpc) is 2.52. The first-order valence-corrected chi connectivity index (χ1v) is 6.77. The van der Waals surface area contributed by atoms with E-state index in [4.69, 9.17) is 14.6 Å². The minimum atomic E-state index is 0.232. The Kier molecular flexibility index (Phi) is 5.44. The summed E-state index contributed by atoms with van der Waals surface area (Å²) in [6.45, 7) is 0.774. The van der Waals surface area contributed by atoms with Gasteiger partial charge in [-0.1, -0.05) is 24.3 Å². The largest absolute Gasteiger partial charge is 0.497 e. The van der Waals surface area contributed by atoms with Crippen LogP contribution in [0.5, 0.6) is 11.5 Å². The predicted octanol–water partition coefficient (Wildman–Crippen LogP) is 3.20. The summed E-state index contributed by atoms with van der Waals surface area (Å²) >= 11 is 0. The first-order valence-electron chi connectivity index (χ1n) is 6.77. The number of hydrogen-bond acceptors (Lipinski definition) is 3. The van der Waals surface area contributed by atoms with E-state index in [1.54, 1.807) is 7.11 Å². The summed E-state index contributed by atoms with van der Waals surface area (Å²) in [7, 11) is 1.66. The van der Waals surface area contributed by atoms with Gasteiger partial charge in [0.15, 0.2) is 0 Å². The Morgan fingerprint density at radius 3 is 2.05 bits per heavy atom. The van der Waals surface area contributed by atoms with Gasteiger partial charge in [-0.25, -0.2) is 0 Å². The van der Waals surface area contributed by atoms with E-state index in [2.05, 4.69) is 0 Å². The van der Waals surface area contributed by atoms with E-state index in [1.165, 1.54) is 5.56 Å². The fourth-order valence-corrected chi connectivity index (χ4v) is 1.92. The lowest BCUT2D eigenvalue weighted by atomic mass is 10.1. The number of aliphatic hydroxyl groups excluding tert-OH is 1. The van der Waals surface area contributed by atoms with Gasteiger partial charge in [0.25, 0.3) is 0 Å². The molecule has 3 heteroatoms. The Morgan fingerprint density at radius 2 is 1.45 bits per heavy atom. The van der Waals surface area contributed by atoms with E-state index in [0.29, 0.717) is 6.61 Å². The second-order valence-electron chi connectivity index (χ2n) is 4.61. The SMILES string of the molecule is COc1ccc(COc2ccc(CCCO)cc2)cc1. The Morgan fingerprint density at radius 1 is 0.850 bits per heavy atom. The third-order valence-corrected chi connectivity index (χ3v) is 3.11. The molecule has 0 fully saturated rings. The summed E-state index contributed by atoms with van der Waals surface area (Å²) < 4.78 is 10.9. The molecule has 0 atom stereocenters. The van der Waals surface area contributed by atoms with Crippen molar-refractivity contribution >= 4 is 0 Å². The molecular formula is C17H20O3. The maximum absolute atomic E-state index is 8.80. The molecule has 0 aliphatic heterocycles. The molecule has 0 aliphatic carbocycles. The normalized spacial score (nSPS) is 10.3. The van der Waals surface area contributed by atoms with Crippen LogP contribution in [0.3, 0.4) is 0 Å². The second kappa shape index (κ2) is 7.56. The van der Waals surface area contributed by atoms with Crippen LogP contribution in [0.4, 0.5) is 0 Å². The third-order valence-electron chi connectivity index (χ3n) is 3.11. The van der Waals surface area contributed by atoms with Crippen molar-refractivity contribution in [1.82, 2.24) is 0 Å². The number of hydrogen-bond donors (Lipinski definition) is 1. The van der Waals surface area contributed by atoms with Crippen LogP contribution >= 0.6 is 0 Å². The molecule has 106 valence electrons. The fourth-order valence-electron chi connectivity index (χ4n) is 1.92. The molecule has 0 radical (unpaired) electrons. The standard InChI is InChI=1S/C17H20O3/c1-19-16-8-6-15(7-9-16)13-20-17-10-4-14(5-11-17)3-2-12-18/h4-11,18H,2-3,12-13H2,1H3. The minimum absolute atomic E-state index is 0.232. The van der Waals surface area contributed by atoms with Crippen molar-refractivity contribution in [2.75, 3.05) is 13.7 Å². The quantitative estimate of drug-likeness (QED) is 0.841. The van der Waals surface area contributed by atoms with Gasteiger partial charge in [-0.15, -0.1) is 0 Å². The van der Waals surface area contributed by atoms with Crippen LogP contribution in [-0.4, -0.2) is 18.8 Å². The summed E-state index contributed by atoms with van der Waals surface area (Å²) in [5.41, 5.74) is 2.33. The van der Waals surface area contributed by atoms with Gasteiger partial charge >= 0.3 is 0 Å². The van der Waals surface area contributed by atoms with Crippen molar-refractivity contribution in [3.8, 4) is 11.5 Å². The molecule has 2 rings (SSSR count). The molecule has 0 amide bonds. The Balaban J connectivity index is 1.86. The van der Waals surface area contributed by atoms with E-state index in [9.17, 15) is 0 Å². The highest BCUT2D eigenvalue weighted by atomic mass is 16.5. The summed E-state index contributed by atoms with van der Waals surface area (Å²) in [5, 5.41) is 8.80. The molecule has 0 bridgehead atoms. The number of aryl methyl sites for hydroxylation is 1. The van der Waals surface area contributed by atoms with Gasteiger partial charge in [0.05, 0.1) is 7.11 Å². The van der Waals surface area contributed by atoms with E-state index < -0.39 is 0 Å². The maximum Gasteiger partial charge on any atom is 0.119 e. The first kappa shape index (κ1) is 14.4. The monoisotopic (exact) mass is 272 g/mol. The lowest BCUT2D eigenvalue weighted by molar-refractivity contribution is 0.288. The number of benzene rings is 2. The van der Waals surface area contributed by atoms with Crippen molar-refractivity contribution < 1.29 is 14.6 Å². The topological polar surface area (TPSA) is 38.7 Å². The van der Waals surface area contributed by atoms with Crippen molar-refractivity contribution in [2.45, 2.75) is 19.4 Å². The van der Waals surface area contributed by atoms with Gasteiger partial charge in [0.1, 0.15) is 18.1 Å². The van der Waals surface area contributed by atoms with E-state index in [1.807, 2.05) is 48.5 Å². The zero-order valence-corrected chi connectivity index (χ0v) is 11.7. The number of rotatable bonds is 7. The summed E-state index contributed by atoms with van der Waals surface area (Å²) in [4.78, 5) is 0. The van der Waals surface area contributed by atoms with Crippen LogP contribution in [0.2, 0.25) is 0 Å². The molecule has 2 aromatic carbocycles. The first-order chi connectivity index (χ1) is 9.81. The van der Waals surface area contributed by atoms with Crippen LogP contribution in [0.25, 0.3) is 0 Å². The molecule has 0 aliphatic rings. The van der Waals surface area contributed by atoms with E-state index in [0.717, 1.165) is 29.9 Å². The average molecular weight is 272 g/mol. The Labute approximate surface area is 119 Å².